The van der Waals surface area contributed by atoms with Gasteiger partial charge in [-0.25, -0.2) is 0 Å². The molecule has 0 aromatic heterocycles. The van der Waals surface area contributed by atoms with Crippen LogP contribution in [-0.2, 0) is 87.5 Å². The predicted molar refractivity (Wildman–Crippen MR) is 397 cm³/mol. The molecular formula is C77H111ClF6N12O13. The highest BCUT2D eigenvalue weighted by Crippen LogP contribution is 2.39. The van der Waals surface area contributed by atoms with Crippen LogP contribution in [0.15, 0.2) is 67.8 Å². The van der Waals surface area contributed by atoms with Crippen molar-refractivity contribution in [2.75, 3.05) is 95.8 Å². The number of carbonyl (C=O) groups is 12. The highest BCUT2D eigenvalue weighted by Gasteiger charge is 2.51. The molecule has 5 rings (SSSR count). The summed E-state index contributed by atoms with van der Waals surface area (Å²) in [5.74, 6) is -8.94. The van der Waals surface area contributed by atoms with Gasteiger partial charge in [0.25, 0.3) is 0 Å². The summed E-state index contributed by atoms with van der Waals surface area (Å²) in [7, 11) is 11.1. The summed E-state index contributed by atoms with van der Waals surface area (Å²) >= 11 is 6.16. The smallest absolute Gasteiger partial charge is 0.375 e. The van der Waals surface area contributed by atoms with Crippen molar-refractivity contribution in [1.29, 1.82) is 0 Å². The fourth-order valence-corrected chi connectivity index (χ4v) is 14.5. The predicted octanol–water partition coefficient (Wildman–Crippen LogP) is 7.21. The molecular weight excluding hydrogens is 1450 g/mol. The molecule has 109 heavy (non-hydrogen) atoms. The summed E-state index contributed by atoms with van der Waals surface area (Å²) in [6.45, 7) is 12.4. The van der Waals surface area contributed by atoms with Crippen molar-refractivity contribution in [1.82, 2.24) is 60.5 Å². The van der Waals surface area contributed by atoms with Crippen molar-refractivity contribution in [3.8, 4) is 0 Å². The number of hydrogen-bond donors (Lipinski definition) is 4. The summed E-state index contributed by atoms with van der Waals surface area (Å²) in [5, 5.41) is 10.3. The molecule has 2 aromatic rings. The summed E-state index contributed by atoms with van der Waals surface area (Å²) in [5.41, 5.74) is -3.45. The molecule has 0 spiro atoms. The van der Waals surface area contributed by atoms with Crippen LogP contribution in [0.1, 0.15) is 153 Å². The van der Waals surface area contributed by atoms with E-state index in [0.717, 1.165) is 74.9 Å². The Kier molecular flexibility index (Phi) is 34.6. The minimum Gasteiger partial charge on any atom is -0.375 e. The third-order valence-electron chi connectivity index (χ3n) is 20.9. The first-order chi connectivity index (χ1) is 51.2. The third kappa shape index (κ3) is 24.9. The third-order valence-corrected chi connectivity index (χ3v) is 21.2. The van der Waals surface area contributed by atoms with Crippen molar-refractivity contribution >= 4 is 82.5 Å². The molecule has 3 aliphatic rings. The van der Waals surface area contributed by atoms with Crippen LogP contribution in [0.5, 0.6) is 0 Å². The van der Waals surface area contributed by atoms with Gasteiger partial charge >= 0.3 is 12.4 Å². The van der Waals surface area contributed by atoms with Gasteiger partial charge in [-0.2, -0.15) is 26.3 Å². The molecule has 1 saturated heterocycles. The Labute approximate surface area is 640 Å². The van der Waals surface area contributed by atoms with Crippen LogP contribution in [0.2, 0.25) is 5.02 Å². The molecule has 1 aliphatic heterocycles. The number of alkyl halides is 6. The number of benzene rings is 2. The molecule has 606 valence electrons. The molecule has 8 atom stereocenters. The number of nitrogens with one attached hydrogen (secondary N) is 4. The molecule has 3 fully saturated rings. The topological polar surface area (TPSA) is 288 Å². The number of likely N-dealkylation sites (N-methyl/N-ethyl adjacent to an activating group) is 6. The average molecular weight is 1560 g/mol. The van der Waals surface area contributed by atoms with E-state index in [-0.39, 0.29) is 112 Å². The molecule has 2 saturated carbocycles. The molecule has 25 nitrogen and oxygen atoms in total. The second-order valence-corrected chi connectivity index (χ2v) is 29.9. The molecule has 1 heterocycles. The van der Waals surface area contributed by atoms with E-state index >= 15 is 24.0 Å². The molecule has 0 bridgehead atoms. The number of amides is 12. The molecule has 32 heteroatoms. The van der Waals surface area contributed by atoms with Crippen LogP contribution in [0, 0.1) is 17.8 Å². The zero-order valence-corrected chi connectivity index (χ0v) is 65.6. The van der Waals surface area contributed by atoms with Gasteiger partial charge in [0.2, 0.25) is 70.9 Å². The van der Waals surface area contributed by atoms with Gasteiger partial charge in [0.05, 0.1) is 48.9 Å². The molecule has 0 unspecified atom stereocenters. The van der Waals surface area contributed by atoms with Gasteiger partial charge < -0.3 is 65.2 Å². The van der Waals surface area contributed by atoms with Gasteiger partial charge in [-0.3, -0.25) is 57.5 Å². The average Bonchev–Trinajstić information content (AvgIpc) is 1.70. The van der Waals surface area contributed by atoms with Crippen molar-refractivity contribution in [3.05, 3.63) is 95.1 Å². The van der Waals surface area contributed by atoms with Gasteiger partial charge in [-0.1, -0.05) is 102 Å². The molecule has 12 amide bonds. The molecule has 0 radical (unpaired) electrons. The first-order valence-electron chi connectivity index (χ1n) is 37.2. The summed E-state index contributed by atoms with van der Waals surface area (Å²) < 4.78 is 89.7. The lowest BCUT2D eigenvalue weighted by Crippen LogP contribution is -2.65. The maximum Gasteiger partial charge on any atom is 0.417 e. The van der Waals surface area contributed by atoms with Crippen molar-refractivity contribution < 1.29 is 88.6 Å². The number of rotatable bonds is 39. The lowest BCUT2D eigenvalue weighted by Gasteiger charge is -2.41. The second-order valence-electron chi connectivity index (χ2n) is 29.5. The van der Waals surface area contributed by atoms with E-state index in [1.807, 2.05) is 20.8 Å². The van der Waals surface area contributed by atoms with E-state index in [0.29, 0.717) is 38.5 Å². The van der Waals surface area contributed by atoms with Gasteiger partial charge in [0.15, 0.2) is 0 Å². The van der Waals surface area contributed by atoms with E-state index in [2.05, 4.69) is 34.4 Å². The zero-order chi connectivity index (χ0) is 81.6. The minimum atomic E-state index is -4.83. The molecule has 2 aliphatic carbocycles. The summed E-state index contributed by atoms with van der Waals surface area (Å²) in [6.07, 6.45) is -2.86. The first-order valence-corrected chi connectivity index (χ1v) is 37.6. The van der Waals surface area contributed by atoms with Gasteiger partial charge in [-0.05, 0) is 117 Å². The van der Waals surface area contributed by atoms with Crippen LogP contribution in [0.4, 0.5) is 26.3 Å². The number of carbonyl (C=O) groups excluding carboxylic acids is 12. The quantitative estimate of drug-likeness (QED) is 0.0293. The zero-order valence-electron chi connectivity index (χ0n) is 64.9. The summed E-state index contributed by atoms with van der Waals surface area (Å²) in [4.78, 5) is 183. The highest BCUT2D eigenvalue weighted by atomic mass is 35.5. The maximum atomic E-state index is 15.5. The van der Waals surface area contributed by atoms with E-state index in [9.17, 15) is 59.9 Å². The lowest BCUT2D eigenvalue weighted by molar-refractivity contribution is -0.155. The standard InChI is InChI=1S/C77H111ClF6N12O13/c1-15-18-39-96(71(105)60(47-109-41-16-2)92(12)64(100)46-91(11)72(106)65(49(6)17-3)87-61(97)36-27-48(4)5)59(43-51-28-32-53(33-29-51)76(79,80)81)70(104)90(10)45-63(99)86-56(35-31-50-30-34-54(55(78)42-50)77(82,83)84)68(102)95-40-23-26-57(95)67(101)88-75(37-21-22-38-75)74(108)94(14)66(52-24-19-20-25-52)73(107)93(13)58(44-62(98)85-7)69(103)89(8)9/h15-16,28-30,32-34,42,48-49,52,56-60,65-66H,1-2,17-27,31,35-41,43-47H2,3-14H3,(H,85,98)(H,86,99)(H,87,97)(H,88,101)/t49-,56-,57-,58-,59-,60-,65-,66-/m0/s1. The number of ether oxygens (including phenoxy) is 1. The molecule has 4 N–H and O–H groups in total. The van der Waals surface area contributed by atoms with Crippen LogP contribution in [0.25, 0.3) is 0 Å². The Bertz CT molecular complexity index is 3530. The van der Waals surface area contributed by atoms with Gasteiger partial charge in [0, 0.05) is 82.3 Å². The lowest BCUT2D eigenvalue weighted by atomic mass is 9.90. The van der Waals surface area contributed by atoms with Crippen LogP contribution in [0.3, 0.4) is 0 Å². The number of halogens is 7. The SMILES string of the molecule is C=CCCN(C(=O)[C@H](COCC=C)N(C)C(=O)CN(C)C(=O)[C@@H](NC(=O)CCC(C)C)[C@@H](C)CC)[C@@H](Cc1ccc(C(F)(F)F)cc1)C(=O)N(C)CC(=O)N[C@@H](CCc1ccc(C(F)(F)F)c(Cl)c1)C(=O)N1CCC[C@H]1C(=O)NC1(C(=O)N(C)[C@H](C(=O)N(C)[C@@H](CC(=O)NC)C(=O)N(C)C)C2CCCC2)CCCC1. The van der Waals surface area contributed by atoms with Gasteiger partial charge in [-0.15, -0.1) is 13.2 Å². The monoisotopic (exact) mass is 1560 g/mol. The maximum absolute atomic E-state index is 15.5. The van der Waals surface area contributed by atoms with Crippen LogP contribution < -0.4 is 21.3 Å². The van der Waals surface area contributed by atoms with E-state index in [4.69, 9.17) is 16.3 Å². The van der Waals surface area contributed by atoms with Crippen LogP contribution in [-0.4, -0.2) is 254 Å². The number of hydrogen-bond acceptors (Lipinski definition) is 13. The first kappa shape index (κ1) is 91.0. The van der Waals surface area contributed by atoms with Gasteiger partial charge in [0.1, 0.15) is 47.8 Å². The Morgan fingerprint density at radius 3 is 1.86 bits per heavy atom. The Balaban J connectivity index is 1.51. The normalized spacial score (nSPS) is 17.0. The molecule has 2 aromatic carbocycles. The number of likely N-dealkylation sites (tertiary alicyclic amines) is 1. The largest absolute Gasteiger partial charge is 0.417 e. The van der Waals surface area contributed by atoms with E-state index in [1.54, 1.807) is 6.92 Å². The highest BCUT2D eigenvalue weighted by molar-refractivity contribution is 6.31. The fraction of sp³-hybridized carbons (Fsp3) is 0.636. The Morgan fingerprint density at radius 2 is 1.30 bits per heavy atom. The van der Waals surface area contributed by atoms with E-state index in [1.165, 1.54) is 88.1 Å². The number of aryl methyl sites for hydroxylation is 1. The van der Waals surface area contributed by atoms with Crippen molar-refractivity contribution in [2.45, 2.75) is 203 Å². The van der Waals surface area contributed by atoms with E-state index < -0.39 is 167 Å². The summed E-state index contributed by atoms with van der Waals surface area (Å²) in [6, 6.07) is -2.78. The van der Waals surface area contributed by atoms with Crippen LogP contribution >= 0.6 is 11.6 Å². The van der Waals surface area contributed by atoms with Crippen molar-refractivity contribution in [3.63, 3.8) is 0 Å². The van der Waals surface area contributed by atoms with Crippen molar-refractivity contribution in [2.24, 2.45) is 17.8 Å². The second kappa shape index (κ2) is 41.4. The number of nitrogens with zero attached hydrogens (tertiary/aromatic N) is 8. The minimum absolute atomic E-state index is 0.0103. The Morgan fingerprint density at radius 1 is 0.679 bits per heavy atom. The Hall–Kier alpha value is -8.61. The fourth-order valence-electron chi connectivity index (χ4n) is 14.2.